The number of nitrogens with zero attached hydrogens (tertiary/aromatic N) is 1. The summed E-state index contributed by atoms with van der Waals surface area (Å²) in [5.74, 6) is 0.345. The third-order valence-electron chi connectivity index (χ3n) is 3.55. The molecule has 0 saturated heterocycles. The third-order valence-corrected chi connectivity index (χ3v) is 3.55. The summed E-state index contributed by atoms with van der Waals surface area (Å²) in [5.41, 5.74) is -0.0602. The van der Waals surface area contributed by atoms with Crippen LogP contribution in [0.3, 0.4) is 0 Å². The Bertz CT molecular complexity index is 551. The van der Waals surface area contributed by atoms with Crippen LogP contribution >= 0.6 is 0 Å². The molecule has 0 bridgehead atoms. The maximum atomic E-state index is 12.6. The van der Waals surface area contributed by atoms with Crippen molar-refractivity contribution in [3.05, 3.63) is 23.8 Å². The van der Waals surface area contributed by atoms with Gasteiger partial charge in [-0.2, -0.15) is 5.26 Å². The first-order valence-corrected chi connectivity index (χ1v) is 7.54. The van der Waals surface area contributed by atoms with E-state index in [-0.39, 0.29) is 5.91 Å². The Kier molecular flexibility index (Phi) is 6.87. The van der Waals surface area contributed by atoms with Gasteiger partial charge in [0.1, 0.15) is 17.4 Å². The summed E-state index contributed by atoms with van der Waals surface area (Å²) in [6, 6.07) is 7.04. The number of methoxy groups -OCH3 is 1. The van der Waals surface area contributed by atoms with Crippen LogP contribution in [0.15, 0.2) is 18.2 Å². The number of hydrogen-bond acceptors (Lipinski definition) is 4. The lowest BCUT2D eigenvalue weighted by Gasteiger charge is -2.28. The normalized spacial score (nSPS) is 13.0. The Morgan fingerprint density at radius 2 is 2.14 bits per heavy atom. The minimum Gasteiger partial charge on any atom is -0.497 e. The Morgan fingerprint density at radius 3 is 2.68 bits per heavy atom. The molecule has 120 valence electrons. The molecule has 0 aliphatic heterocycles. The second-order valence-electron chi connectivity index (χ2n) is 5.24. The monoisotopic (exact) mass is 304 g/mol. The van der Waals surface area contributed by atoms with Gasteiger partial charge in [-0.15, -0.1) is 0 Å². The van der Waals surface area contributed by atoms with Crippen molar-refractivity contribution in [3.8, 4) is 11.8 Å². The maximum absolute atomic E-state index is 12.6. The lowest BCUT2D eigenvalue weighted by molar-refractivity contribution is -0.139. The fraction of sp³-hybridized carbons (Fsp3) is 0.529. The molecule has 0 aromatic heterocycles. The summed E-state index contributed by atoms with van der Waals surface area (Å²) in [7, 11) is 1.53. The molecule has 0 aliphatic rings. The molecule has 1 rings (SSSR count). The van der Waals surface area contributed by atoms with E-state index in [0.29, 0.717) is 30.0 Å². The van der Waals surface area contributed by atoms with Gasteiger partial charge >= 0.3 is 0 Å². The molecule has 0 radical (unpaired) electrons. The van der Waals surface area contributed by atoms with Gasteiger partial charge in [0.25, 0.3) is 5.91 Å². The Hall–Kier alpha value is -2.06. The van der Waals surface area contributed by atoms with Crippen molar-refractivity contribution < 1.29 is 14.3 Å². The van der Waals surface area contributed by atoms with E-state index in [1.54, 1.807) is 25.1 Å². The van der Waals surface area contributed by atoms with Gasteiger partial charge in [0.2, 0.25) is 0 Å². The van der Waals surface area contributed by atoms with E-state index in [1.165, 1.54) is 7.11 Å². The SMILES string of the molecule is CCCC[C@@](C)(OCC)C(=O)Nc1ccc(OC)cc1C#N. The highest BCUT2D eigenvalue weighted by Gasteiger charge is 2.33. The molecule has 0 aliphatic carbocycles. The van der Waals surface area contributed by atoms with Crippen LogP contribution in [0.2, 0.25) is 0 Å². The van der Waals surface area contributed by atoms with Crippen LogP contribution in [0.5, 0.6) is 5.75 Å². The standard InChI is InChI=1S/C17H24N2O3/c1-5-7-10-17(3,22-6-2)16(20)19-15-9-8-14(21-4)11-13(15)12-18/h8-9,11H,5-7,10H2,1-4H3,(H,19,20)/t17-/m1/s1. The van der Waals surface area contributed by atoms with Crippen molar-refractivity contribution in [2.75, 3.05) is 19.0 Å². The van der Waals surface area contributed by atoms with E-state index in [4.69, 9.17) is 9.47 Å². The lowest BCUT2D eigenvalue weighted by atomic mass is 9.97. The fourth-order valence-electron chi connectivity index (χ4n) is 2.19. The average Bonchev–Trinajstić information content (AvgIpc) is 2.53. The smallest absolute Gasteiger partial charge is 0.256 e. The van der Waals surface area contributed by atoms with Crippen LogP contribution in [0.4, 0.5) is 5.69 Å². The van der Waals surface area contributed by atoms with Gasteiger partial charge in [-0.25, -0.2) is 0 Å². The van der Waals surface area contributed by atoms with E-state index >= 15 is 0 Å². The molecule has 1 atom stereocenters. The number of nitriles is 1. The highest BCUT2D eigenvalue weighted by Crippen LogP contribution is 2.25. The summed E-state index contributed by atoms with van der Waals surface area (Å²) in [6.45, 7) is 6.19. The third kappa shape index (κ3) is 4.47. The van der Waals surface area contributed by atoms with Crippen molar-refractivity contribution in [1.29, 1.82) is 5.26 Å². The molecule has 1 amide bonds. The molecule has 5 heteroatoms. The number of amides is 1. The van der Waals surface area contributed by atoms with Gasteiger partial charge < -0.3 is 14.8 Å². The molecular weight excluding hydrogens is 280 g/mol. The van der Waals surface area contributed by atoms with Gasteiger partial charge in [0.15, 0.2) is 0 Å². The van der Waals surface area contributed by atoms with E-state index in [1.807, 2.05) is 6.92 Å². The van der Waals surface area contributed by atoms with Crippen LogP contribution in [-0.2, 0) is 9.53 Å². The van der Waals surface area contributed by atoms with Crippen LogP contribution in [0.1, 0.15) is 45.6 Å². The first kappa shape index (κ1) is 18.0. The van der Waals surface area contributed by atoms with Crippen molar-refractivity contribution in [2.24, 2.45) is 0 Å². The van der Waals surface area contributed by atoms with Crippen molar-refractivity contribution >= 4 is 11.6 Å². The van der Waals surface area contributed by atoms with Gasteiger partial charge in [-0.3, -0.25) is 4.79 Å². The predicted octanol–water partition coefficient (Wildman–Crippen LogP) is 3.49. The highest BCUT2D eigenvalue weighted by atomic mass is 16.5. The molecule has 0 heterocycles. The second-order valence-corrected chi connectivity index (χ2v) is 5.24. The molecule has 1 N–H and O–H groups in total. The molecule has 5 nitrogen and oxygen atoms in total. The number of anilines is 1. The maximum Gasteiger partial charge on any atom is 0.256 e. The fourth-order valence-corrected chi connectivity index (χ4v) is 2.19. The first-order valence-electron chi connectivity index (χ1n) is 7.54. The first-order chi connectivity index (χ1) is 10.5. The lowest BCUT2D eigenvalue weighted by Crippen LogP contribution is -2.43. The minimum absolute atomic E-state index is 0.232. The van der Waals surface area contributed by atoms with Gasteiger partial charge in [0, 0.05) is 6.61 Å². The number of rotatable bonds is 8. The second kappa shape index (κ2) is 8.40. The molecule has 1 aromatic carbocycles. The molecule has 0 spiro atoms. The number of benzene rings is 1. The largest absolute Gasteiger partial charge is 0.497 e. The molecule has 22 heavy (non-hydrogen) atoms. The quantitative estimate of drug-likeness (QED) is 0.798. The number of nitrogens with one attached hydrogen (secondary N) is 1. The number of unbranched alkanes of at least 4 members (excludes halogenated alkanes) is 1. The predicted molar refractivity (Wildman–Crippen MR) is 85.9 cm³/mol. The van der Waals surface area contributed by atoms with Crippen molar-refractivity contribution in [3.63, 3.8) is 0 Å². The number of ether oxygens (including phenoxy) is 2. The van der Waals surface area contributed by atoms with E-state index in [2.05, 4.69) is 18.3 Å². The highest BCUT2D eigenvalue weighted by molar-refractivity contribution is 5.98. The topological polar surface area (TPSA) is 71.3 Å². The van der Waals surface area contributed by atoms with E-state index < -0.39 is 5.60 Å². The Morgan fingerprint density at radius 1 is 1.41 bits per heavy atom. The number of carbonyl (C=O) groups excluding carboxylic acids is 1. The zero-order valence-corrected chi connectivity index (χ0v) is 13.7. The van der Waals surface area contributed by atoms with Gasteiger partial charge in [-0.1, -0.05) is 19.8 Å². The minimum atomic E-state index is -0.891. The summed E-state index contributed by atoms with van der Waals surface area (Å²) >= 11 is 0. The molecular formula is C17H24N2O3. The number of hydrogen-bond donors (Lipinski definition) is 1. The van der Waals surface area contributed by atoms with Gasteiger partial charge in [-0.05, 0) is 38.5 Å². The average molecular weight is 304 g/mol. The molecule has 1 aromatic rings. The number of carbonyl (C=O) groups is 1. The Balaban J connectivity index is 2.96. The molecule has 0 unspecified atom stereocenters. The zero-order valence-electron chi connectivity index (χ0n) is 13.7. The summed E-state index contributed by atoms with van der Waals surface area (Å²) in [6.07, 6.45) is 2.53. The van der Waals surface area contributed by atoms with Gasteiger partial charge in [0.05, 0.1) is 18.4 Å². The van der Waals surface area contributed by atoms with Crippen molar-refractivity contribution in [2.45, 2.75) is 45.6 Å². The molecule has 0 fully saturated rings. The van der Waals surface area contributed by atoms with Crippen LogP contribution in [-0.4, -0.2) is 25.2 Å². The summed E-state index contributed by atoms with van der Waals surface area (Å²) in [4.78, 5) is 12.6. The van der Waals surface area contributed by atoms with Crippen LogP contribution < -0.4 is 10.1 Å². The van der Waals surface area contributed by atoms with Crippen LogP contribution in [0, 0.1) is 11.3 Å². The molecule has 0 saturated carbocycles. The van der Waals surface area contributed by atoms with E-state index in [0.717, 1.165) is 12.8 Å². The summed E-state index contributed by atoms with van der Waals surface area (Å²) < 4.78 is 10.8. The van der Waals surface area contributed by atoms with Crippen LogP contribution in [0.25, 0.3) is 0 Å². The van der Waals surface area contributed by atoms with E-state index in [9.17, 15) is 10.1 Å². The zero-order chi connectivity index (χ0) is 16.6. The summed E-state index contributed by atoms with van der Waals surface area (Å²) in [5, 5.41) is 12.0. The van der Waals surface area contributed by atoms with Crippen molar-refractivity contribution in [1.82, 2.24) is 0 Å². The Labute approximate surface area is 132 Å².